The van der Waals surface area contributed by atoms with Crippen molar-refractivity contribution in [3.63, 3.8) is 0 Å². The Labute approximate surface area is 149 Å². The molecular formula is C18H26ClN3O2. The van der Waals surface area contributed by atoms with Gasteiger partial charge in [-0.05, 0) is 42.9 Å². The summed E-state index contributed by atoms with van der Waals surface area (Å²) in [6, 6.07) is 8.06. The highest BCUT2D eigenvalue weighted by Crippen LogP contribution is 2.33. The molecule has 2 unspecified atom stereocenters. The molecule has 5 nitrogen and oxygen atoms in total. The number of nitrogens with one attached hydrogen (secondary N) is 1. The lowest BCUT2D eigenvalue weighted by Crippen LogP contribution is -2.45. The number of halogens is 1. The molecule has 0 radical (unpaired) electrons. The number of amides is 2. The SMILES string of the molecule is CCc1ccc(N2CC(C(=O)NC(CN)C3CC3)CC2=O)cc1.Cl. The maximum Gasteiger partial charge on any atom is 0.227 e. The van der Waals surface area contributed by atoms with Crippen molar-refractivity contribution in [1.82, 2.24) is 5.32 Å². The van der Waals surface area contributed by atoms with Crippen LogP contribution in [0.4, 0.5) is 5.69 Å². The molecule has 1 aliphatic heterocycles. The second-order valence-electron chi connectivity index (χ2n) is 6.61. The fourth-order valence-electron chi connectivity index (χ4n) is 3.21. The summed E-state index contributed by atoms with van der Waals surface area (Å²) in [7, 11) is 0. The highest BCUT2D eigenvalue weighted by Gasteiger charge is 2.38. The van der Waals surface area contributed by atoms with Crippen molar-refractivity contribution >= 4 is 29.9 Å². The average molecular weight is 352 g/mol. The summed E-state index contributed by atoms with van der Waals surface area (Å²) >= 11 is 0. The first kappa shape index (κ1) is 18.7. The van der Waals surface area contributed by atoms with Crippen molar-refractivity contribution in [1.29, 1.82) is 0 Å². The van der Waals surface area contributed by atoms with Crippen molar-refractivity contribution in [2.24, 2.45) is 17.6 Å². The second kappa shape index (κ2) is 7.99. The third-order valence-electron chi connectivity index (χ3n) is 4.92. The lowest BCUT2D eigenvalue weighted by Gasteiger charge is -2.20. The van der Waals surface area contributed by atoms with E-state index in [1.807, 2.05) is 24.3 Å². The largest absolute Gasteiger partial charge is 0.352 e. The number of hydrogen-bond acceptors (Lipinski definition) is 3. The van der Waals surface area contributed by atoms with Crippen molar-refractivity contribution < 1.29 is 9.59 Å². The average Bonchev–Trinajstić information content (AvgIpc) is 3.34. The van der Waals surface area contributed by atoms with Crippen molar-refractivity contribution in [2.45, 2.75) is 38.6 Å². The van der Waals surface area contributed by atoms with Gasteiger partial charge in [0.05, 0.1) is 5.92 Å². The lowest BCUT2D eigenvalue weighted by molar-refractivity contribution is -0.127. The molecule has 1 aliphatic carbocycles. The number of carbonyl (C=O) groups is 2. The van der Waals surface area contributed by atoms with Crippen LogP contribution in [-0.2, 0) is 16.0 Å². The van der Waals surface area contributed by atoms with Crippen LogP contribution in [0.3, 0.4) is 0 Å². The number of nitrogens with zero attached hydrogens (tertiary/aromatic N) is 1. The van der Waals surface area contributed by atoms with E-state index in [1.165, 1.54) is 5.56 Å². The highest BCUT2D eigenvalue weighted by molar-refractivity contribution is 6.00. The van der Waals surface area contributed by atoms with Crippen LogP contribution in [-0.4, -0.2) is 30.9 Å². The summed E-state index contributed by atoms with van der Waals surface area (Å²) in [6.45, 7) is 3.03. The van der Waals surface area contributed by atoms with E-state index in [0.717, 1.165) is 24.9 Å². The Morgan fingerprint density at radius 3 is 2.54 bits per heavy atom. The monoisotopic (exact) mass is 351 g/mol. The predicted molar refractivity (Wildman–Crippen MR) is 97.2 cm³/mol. The molecule has 1 aromatic rings. The topological polar surface area (TPSA) is 75.4 Å². The minimum Gasteiger partial charge on any atom is -0.352 e. The number of anilines is 1. The summed E-state index contributed by atoms with van der Waals surface area (Å²) in [6.07, 6.45) is 3.54. The Hall–Kier alpha value is -1.59. The van der Waals surface area contributed by atoms with Crippen LogP contribution >= 0.6 is 12.4 Å². The van der Waals surface area contributed by atoms with E-state index >= 15 is 0 Å². The van der Waals surface area contributed by atoms with Crippen LogP contribution in [0.5, 0.6) is 0 Å². The third-order valence-corrected chi connectivity index (χ3v) is 4.92. The zero-order valence-electron chi connectivity index (χ0n) is 14.0. The van der Waals surface area contributed by atoms with Crippen LogP contribution in [0.25, 0.3) is 0 Å². The predicted octanol–water partition coefficient (Wildman–Crippen LogP) is 1.88. The summed E-state index contributed by atoms with van der Waals surface area (Å²) in [5.74, 6) is 0.235. The molecule has 2 amide bonds. The number of carbonyl (C=O) groups excluding carboxylic acids is 2. The van der Waals surface area contributed by atoms with Gasteiger partial charge in [-0.15, -0.1) is 12.4 Å². The Morgan fingerprint density at radius 2 is 2.00 bits per heavy atom. The van der Waals surface area contributed by atoms with Gasteiger partial charge in [0.15, 0.2) is 0 Å². The maximum atomic E-state index is 12.4. The minimum atomic E-state index is -0.277. The van der Waals surface area contributed by atoms with E-state index in [1.54, 1.807) is 4.90 Å². The Bertz CT molecular complexity index is 586. The van der Waals surface area contributed by atoms with Gasteiger partial charge >= 0.3 is 0 Å². The van der Waals surface area contributed by atoms with Crippen LogP contribution in [0.1, 0.15) is 31.7 Å². The summed E-state index contributed by atoms with van der Waals surface area (Å²) < 4.78 is 0. The van der Waals surface area contributed by atoms with Gasteiger partial charge < -0.3 is 16.0 Å². The molecular weight excluding hydrogens is 326 g/mol. The van der Waals surface area contributed by atoms with Crippen molar-refractivity contribution in [2.75, 3.05) is 18.0 Å². The summed E-state index contributed by atoms with van der Waals surface area (Å²) in [4.78, 5) is 26.4. The number of nitrogens with two attached hydrogens (primary N) is 1. The van der Waals surface area contributed by atoms with Gasteiger partial charge in [0.2, 0.25) is 11.8 Å². The zero-order valence-corrected chi connectivity index (χ0v) is 14.8. The maximum absolute atomic E-state index is 12.4. The van der Waals surface area contributed by atoms with E-state index in [0.29, 0.717) is 19.0 Å². The van der Waals surface area contributed by atoms with Gasteiger partial charge in [-0.3, -0.25) is 9.59 Å². The minimum absolute atomic E-state index is 0. The summed E-state index contributed by atoms with van der Waals surface area (Å²) in [5, 5.41) is 3.04. The first-order valence-electron chi connectivity index (χ1n) is 8.52. The zero-order chi connectivity index (χ0) is 16.4. The van der Waals surface area contributed by atoms with E-state index in [9.17, 15) is 9.59 Å². The molecule has 3 rings (SSSR count). The number of aryl methyl sites for hydroxylation is 1. The second-order valence-corrected chi connectivity index (χ2v) is 6.61. The van der Waals surface area contributed by atoms with E-state index in [4.69, 9.17) is 5.73 Å². The summed E-state index contributed by atoms with van der Waals surface area (Å²) in [5.41, 5.74) is 7.86. The van der Waals surface area contributed by atoms with Crippen molar-refractivity contribution in [3.05, 3.63) is 29.8 Å². The molecule has 3 N–H and O–H groups in total. The van der Waals surface area contributed by atoms with Gasteiger partial charge in [-0.1, -0.05) is 19.1 Å². The van der Waals surface area contributed by atoms with Crippen LogP contribution in [0.2, 0.25) is 0 Å². The highest BCUT2D eigenvalue weighted by atomic mass is 35.5. The molecule has 1 aromatic carbocycles. The molecule has 132 valence electrons. The lowest BCUT2D eigenvalue weighted by atomic mass is 10.1. The van der Waals surface area contributed by atoms with Crippen LogP contribution < -0.4 is 16.0 Å². The molecule has 6 heteroatoms. The normalized spacial score (nSPS) is 21.3. The molecule has 0 aromatic heterocycles. The molecule has 0 spiro atoms. The Morgan fingerprint density at radius 1 is 1.33 bits per heavy atom. The van der Waals surface area contributed by atoms with E-state index in [-0.39, 0.29) is 42.6 Å². The molecule has 1 saturated heterocycles. The molecule has 1 saturated carbocycles. The first-order valence-corrected chi connectivity index (χ1v) is 8.52. The van der Waals surface area contributed by atoms with E-state index < -0.39 is 0 Å². The van der Waals surface area contributed by atoms with Gasteiger partial charge in [-0.2, -0.15) is 0 Å². The molecule has 0 bridgehead atoms. The van der Waals surface area contributed by atoms with Gasteiger partial charge in [0.1, 0.15) is 0 Å². The van der Waals surface area contributed by atoms with Gasteiger partial charge in [-0.25, -0.2) is 0 Å². The number of hydrogen-bond donors (Lipinski definition) is 2. The number of benzene rings is 1. The van der Waals surface area contributed by atoms with Crippen LogP contribution in [0, 0.1) is 11.8 Å². The van der Waals surface area contributed by atoms with Crippen molar-refractivity contribution in [3.8, 4) is 0 Å². The standard InChI is InChI=1S/C18H25N3O2.ClH/c1-2-12-3-7-15(8-4-12)21-11-14(9-17(21)22)18(23)20-16(10-19)13-5-6-13;/h3-4,7-8,13-14,16H,2,5-6,9-11,19H2,1H3,(H,20,23);1H. The molecule has 1 heterocycles. The Kier molecular flexibility index (Phi) is 6.24. The number of rotatable bonds is 6. The smallest absolute Gasteiger partial charge is 0.227 e. The molecule has 24 heavy (non-hydrogen) atoms. The fourth-order valence-corrected chi connectivity index (χ4v) is 3.21. The Balaban J connectivity index is 0.00000208. The van der Waals surface area contributed by atoms with E-state index in [2.05, 4.69) is 12.2 Å². The first-order chi connectivity index (χ1) is 11.1. The quantitative estimate of drug-likeness (QED) is 0.821. The molecule has 2 atom stereocenters. The fraction of sp³-hybridized carbons (Fsp3) is 0.556. The van der Waals surface area contributed by atoms with Crippen LogP contribution in [0.15, 0.2) is 24.3 Å². The molecule has 2 fully saturated rings. The van der Waals surface area contributed by atoms with Gasteiger partial charge in [0, 0.05) is 31.2 Å². The third kappa shape index (κ3) is 4.08. The molecule has 2 aliphatic rings. The van der Waals surface area contributed by atoms with Gasteiger partial charge in [0.25, 0.3) is 0 Å².